The van der Waals surface area contributed by atoms with Crippen molar-refractivity contribution in [1.29, 1.82) is 0 Å². The Balaban J connectivity index is 1.31. The molecule has 0 saturated carbocycles. The summed E-state index contributed by atoms with van der Waals surface area (Å²) in [6, 6.07) is 46.8. The van der Waals surface area contributed by atoms with Crippen LogP contribution in [0, 0.1) is 0 Å². The molecule has 0 N–H and O–H groups in total. The third-order valence-electron chi connectivity index (χ3n) is 8.50. The summed E-state index contributed by atoms with van der Waals surface area (Å²) in [5, 5.41) is 4.58. The lowest BCUT2D eigenvalue weighted by Gasteiger charge is -2.12. The van der Waals surface area contributed by atoms with Crippen LogP contribution >= 0.6 is 0 Å². The molecule has 1 aliphatic rings. The van der Waals surface area contributed by atoms with Gasteiger partial charge in [-0.25, -0.2) is 15.0 Å². The minimum absolute atomic E-state index is 0.116. The molecule has 0 amide bonds. The fourth-order valence-corrected chi connectivity index (χ4v) is 6.10. The highest BCUT2D eigenvalue weighted by Crippen LogP contribution is 2.30. The second-order valence-corrected chi connectivity index (χ2v) is 11.6. The molecular weight excluding hydrogens is 562 g/mol. The minimum Gasteiger partial charge on any atom is -0.285 e. The Morgan fingerprint density at radius 1 is 0.435 bits per heavy atom. The molecule has 0 unspecified atom stereocenters. The normalized spacial score (nSPS) is 12.2. The maximum atomic E-state index is 14.5. The lowest BCUT2D eigenvalue weighted by molar-refractivity contribution is 0.102. The van der Waals surface area contributed by atoms with Crippen LogP contribution in [-0.2, 0) is 0 Å². The van der Waals surface area contributed by atoms with Crippen molar-refractivity contribution in [2.45, 2.75) is 12.8 Å². The summed E-state index contributed by atoms with van der Waals surface area (Å²) in [5.41, 5.74) is 6.18. The van der Waals surface area contributed by atoms with Crippen molar-refractivity contribution >= 4 is 28.7 Å². The molecule has 218 valence electrons. The van der Waals surface area contributed by atoms with Gasteiger partial charge in [0.1, 0.15) is 0 Å². The monoisotopic (exact) mass is 591 g/mol. The fourth-order valence-electron chi connectivity index (χ4n) is 6.10. The number of rotatable bonds is 6. The lowest BCUT2D eigenvalue weighted by atomic mass is 9.94. The molecule has 4 nitrogen and oxygen atoms in total. The van der Waals surface area contributed by atoms with E-state index in [2.05, 4.69) is 78.9 Å². The van der Waals surface area contributed by atoms with E-state index in [1.54, 1.807) is 0 Å². The number of aromatic nitrogens is 3. The van der Waals surface area contributed by atoms with Crippen LogP contribution in [0.5, 0.6) is 0 Å². The Labute approximate surface area is 267 Å². The zero-order chi connectivity index (χ0) is 30.9. The average molecular weight is 592 g/mol. The standard InChI is InChI=1S/C42H29N3O/c46-39(38-26-36(28-11-3-1-4-12-28)25-37(27-38)29-13-5-2-6-14-29)42-44-40(34-21-19-30-15-7-9-17-32(30)23-34)43-41(45-42)35-22-20-31-16-8-10-18-33(31)24-35/h1-7,9,11-27H,8,10H2. The fraction of sp³-hybridized carbons (Fsp3) is 0.0476. The van der Waals surface area contributed by atoms with Gasteiger partial charge in [0.05, 0.1) is 0 Å². The van der Waals surface area contributed by atoms with E-state index in [1.165, 1.54) is 5.22 Å². The highest BCUT2D eigenvalue weighted by molar-refractivity contribution is 6.08. The summed E-state index contributed by atoms with van der Waals surface area (Å²) in [4.78, 5) is 29.0. The predicted octanol–water partition coefficient (Wildman–Crippen LogP) is 8.28. The zero-order valence-corrected chi connectivity index (χ0v) is 25.1. The Hall–Kier alpha value is -6.00. The summed E-state index contributed by atoms with van der Waals surface area (Å²) in [5.74, 6) is 0.810. The highest BCUT2D eigenvalue weighted by Gasteiger charge is 2.20. The first-order chi connectivity index (χ1) is 22.7. The van der Waals surface area contributed by atoms with Gasteiger partial charge in [-0.15, -0.1) is 0 Å². The molecule has 4 heteroatoms. The van der Waals surface area contributed by atoms with Gasteiger partial charge in [0.2, 0.25) is 11.6 Å². The first kappa shape index (κ1) is 27.5. The van der Waals surface area contributed by atoms with E-state index in [0.717, 1.165) is 62.2 Å². The van der Waals surface area contributed by atoms with Gasteiger partial charge in [-0.2, -0.15) is 0 Å². The van der Waals surface area contributed by atoms with Crippen LogP contribution in [0.25, 0.3) is 68.0 Å². The molecule has 1 heterocycles. The van der Waals surface area contributed by atoms with E-state index in [9.17, 15) is 4.79 Å². The van der Waals surface area contributed by atoms with Gasteiger partial charge in [0, 0.05) is 16.7 Å². The predicted molar refractivity (Wildman–Crippen MR) is 186 cm³/mol. The van der Waals surface area contributed by atoms with Gasteiger partial charge in [0.15, 0.2) is 11.6 Å². The van der Waals surface area contributed by atoms with E-state index in [-0.39, 0.29) is 11.6 Å². The van der Waals surface area contributed by atoms with Crippen LogP contribution in [0.15, 0.2) is 140 Å². The number of hydrogen-bond acceptors (Lipinski definition) is 4. The van der Waals surface area contributed by atoms with Gasteiger partial charge in [0.25, 0.3) is 0 Å². The summed E-state index contributed by atoms with van der Waals surface area (Å²) in [7, 11) is 0. The molecule has 46 heavy (non-hydrogen) atoms. The smallest absolute Gasteiger partial charge is 0.230 e. The molecular formula is C42H29N3O. The number of carbonyl (C=O) groups is 1. The van der Waals surface area contributed by atoms with E-state index in [1.807, 2.05) is 72.8 Å². The molecule has 0 fully saturated rings. The number of fused-ring (bicyclic) bond motifs is 2. The molecule has 0 radical (unpaired) electrons. The number of nitrogens with zero attached hydrogens (tertiary/aromatic N) is 3. The second kappa shape index (κ2) is 11.8. The Morgan fingerprint density at radius 3 is 1.67 bits per heavy atom. The molecule has 6 aromatic carbocycles. The topological polar surface area (TPSA) is 55.7 Å². The highest BCUT2D eigenvalue weighted by atomic mass is 16.1. The first-order valence-corrected chi connectivity index (χ1v) is 15.5. The van der Waals surface area contributed by atoms with Gasteiger partial charge in [-0.3, -0.25) is 4.79 Å². The van der Waals surface area contributed by atoms with E-state index < -0.39 is 0 Å². The van der Waals surface area contributed by atoms with E-state index in [4.69, 9.17) is 15.0 Å². The average Bonchev–Trinajstić information content (AvgIpc) is 3.14. The number of hydrogen-bond donors (Lipinski definition) is 0. The van der Waals surface area contributed by atoms with Crippen LogP contribution in [0.2, 0.25) is 0 Å². The Bertz CT molecular complexity index is 2320. The van der Waals surface area contributed by atoms with Crippen molar-refractivity contribution in [2.75, 3.05) is 0 Å². The summed E-state index contributed by atoms with van der Waals surface area (Å²) in [6.45, 7) is 0. The van der Waals surface area contributed by atoms with Crippen LogP contribution in [0.4, 0.5) is 0 Å². The van der Waals surface area contributed by atoms with Crippen molar-refractivity contribution in [3.05, 3.63) is 161 Å². The van der Waals surface area contributed by atoms with Crippen LogP contribution < -0.4 is 10.4 Å². The summed E-state index contributed by atoms with van der Waals surface area (Å²) < 4.78 is 0. The van der Waals surface area contributed by atoms with Crippen molar-refractivity contribution in [3.63, 3.8) is 0 Å². The lowest BCUT2D eigenvalue weighted by Crippen LogP contribution is -2.26. The Morgan fingerprint density at radius 2 is 1.00 bits per heavy atom. The second-order valence-electron chi connectivity index (χ2n) is 11.6. The first-order valence-electron chi connectivity index (χ1n) is 15.5. The SMILES string of the molecule is O=C(c1cc(-c2ccccc2)cc(-c2ccccc2)c1)c1nc(-c2ccc3c(c2)=CCCC=3)nc(-c2ccc3ccccc3c2)n1. The zero-order valence-electron chi connectivity index (χ0n) is 25.1. The summed E-state index contributed by atoms with van der Waals surface area (Å²) in [6.07, 6.45) is 6.54. The molecule has 1 aliphatic carbocycles. The molecule has 0 atom stereocenters. The Kier molecular flexibility index (Phi) is 7.08. The van der Waals surface area contributed by atoms with Crippen LogP contribution in [-0.4, -0.2) is 20.7 Å². The van der Waals surface area contributed by atoms with Gasteiger partial charge >= 0.3 is 0 Å². The molecule has 0 bridgehead atoms. The van der Waals surface area contributed by atoms with Crippen molar-refractivity contribution in [3.8, 4) is 45.0 Å². The van der Waals surface area contributed by atoms with Gasteiger partial charge in [-0.1, -0.05) is 121 Å². The third kappa shape index (κ3) is 5.42. The molecule has 8 rings (SSSR count). The maximum absolute atomic E-state index is 14.5. The number of ketones is 1. The largest absolute Gasteiger partial charge is 0.285 e. The molecule has 0 saturated heterocycles. The van der Waals surface area contributed by atoms with Crippen LogP contribution in [0.1, 0.15) is 29.0 Å². The molecule has 0 spiro atoms. The van der Waals surface area contributed by atoms with Gasteiger partial charge in [-0.05, 0) is 86.6 Å². The van der Waals surface area contributed by atoms with Crippen molar-refractivity contribution < 1.29 is 4.79 Å². The van der Waals surface area contributed by atoms with E-state index >= 15 is 0 Å². The quantitative estimate of drug-likeness (QED) is 0.183. The number of carbonyl (C=O) groups excluding carboxylic acids is 1. The molecule has 0 aliphatic heterocycles. The molecule has 1 aromatic heterocycles. The summed E-state index contributed by atoms with van der Waals surface area (Å²) >= 11 is 0. The minimum atomic E-state index is -0.251. The third-order valence-corrected chi connectivity index (χ3v) is 8.50. The van der Waals surface area contributed by atoms with E-state index in [0.29, 0.717) is 17.2 Å². The van der Waals surface area contributed by atoms with Crippen molar-refractivity contribution in [2.24, 2.45) is 0 Å². The maximum Gasteiger partial charge on any atom is 0.230 e. The van der Waals surface area contributed by atoms with Gasteiger partial charge < -0.3 is 0 Å². The molecule has 7 aromatic rings. The van der Waals surface area contributed by atoms with Crippen molar-refractivity contribution in [1.82, 2.24) is 15.0 Å². The van der Waals surface area contributed by atoms with Crippen LogP contribution in [0.3, 0.4) is 0 Å². The number of benzene rings is 6.